The van der Waals surface area contributed by atoms with Crippen molar-refractivity contribution in [3.63, 3.8) is 0 Å². The molecule has 32 heavy (non-hydrogen) atoms. The summed E-state index contributed by atoms with van der Waals surface area (Å²) in [4.78, 5) is 28.1. The maximum atomic E-state index is 12.4. The number of methoxy groups -OCH3 is 1. The molecule has 2 heterocycles. The van der Waals surface area contributed by atoms with Crippen molar-refractivity contribution in [1.82, 2.24) is 14.8 Å². The zero-order chi connectivity index (χ0) is 22.7. The van der Waals surface area contributed by atoms with Gasteiger partial charge in [0.15, 0.2) is 0 Å². The first-order chi connectivity index (χ1) is 15.5. The lowest BCUT2D eigenvalue weighted by atomic mass is 10.0. The van der Waals surface area contributed by atoms with Crippen LogP contribution in [0.2, 0.25) is 5.02 Å². The number of nitrogens with zero attached hydrogens (tertiary/aromatic N) is 2. The van der Waals surface area contributed by atoms with Crippen LogP contribution in [0.25, 0.3) is 22.0 Å². The largest absolute Gasteiger partial charge is 0.467 e. The second-order valence-corrected chi connectivity index (χ2v) is 7.57. The SMILES string of the molecule is COC(=O)COCc1ccc(Cl)cc1Nc1ccnc2ccc(-c3c[nH]n(C)c3=O)cc12. The van der Waals surface area contributed by atoms with Gasteiger partial charge < -0.3 is 19.9 Å². The number of halogens is 1. The van der Waals surface area contributed by atoms with E-state index in [1.54, 1.807) is 31.6 Å². The number of carbonyl (C=O) groups is 1. The number of carbonyl (C=O) groups excluding carboxylic acids is 1. The Morgan fingerprint density at radius 1 is 1.19 bits per heavy atom. The Hall–Kier alpha value is -3.62. The van der Waals surface area contributed by atoms with Gasteiger partial charge in [-0.25, -0.2) is 4.79 Å². The molecular weight excluding hydrogens is 432 g/mol. The third kappa shape index (κ3) is 4.51. The summed E-state index contributed by atoms with van der Waals surface area (Å²) in [5.74, 6) is -0.447. The molecule has 0 atom stereocenters. The Labute approximate surface area is 188 Å². The fraction of sp³-hybridized carbons (Fsp3) is 0.174. The molecule has 2 aromatic carbocycles. The van der Waals surface area contributed by atoms with Crippen molar-refractivity contribution in [3.05, 3.63) is 75.8 Å². The normalized spacial score (nSPS) is 11.0. The number of aromatic amines is 1. The molecule has 2 aromatic heterocycles. The monoisotopic (exact) mass is 452 g/mol. The molecule has 0 bridgehead atoms. The Morgan fingerprint density at radius 2 is 2.03 bits per heavy atom. The first-order valence-electron chi connectivity index (χ1n) is 9.80. The molecule has 2 N–H and O–H groups in total. The molecular formula is C23H21ClN4O4. The summed E-state index contributed by atoms with van der Waals surface area (Å²) >= 11 is 6.23. The second kappa shape index (κ2) is 9.25. The molecule has 0 radical (unpaired) electrons. The van der Waals surface area contributed by atoms with Gasteiger partial charge in [0.1, 0.15) is 6.61 Å². The fourth-order valence-corrected chi connectivity index (χ4v) is 3.50. The predicted molar refractivity (Wildman–Crippen MR) is 123 cm³/mol. The minimum atomic E-state index is -0.447. The van der Waals surface area contributed by atoms with Crippen LogP contribution in [0.4, 0.5) is 11.4 Å². The summed E-state index contributed by atoms with van der Waals surface area (Å²) in [5, 5.41) is 7.69. The molecule has 0 saturated carbocycles. The number of aryl methyl sites for hydroxylation is 1. The van der Waals surface area contributed by atoms with Gasteiger partial charge in [0.05, 0.1) is 24.8 Å². The summed E-state index contributed by atoms with van der Waals surface area (Å²) in [6.07, 6.45) is 3.39. The zero-order valence-corrected chi connectivity index (χ0v) is 18.3. The lowest BCUT2D eigenvalue weighted by Gasteiger charge is -2.15. The molecule has 0 unspecified atom stereocenters. The highest BCUT2D eigenvalue weighted by molar-refractivity contribution is 6.30. The highest BCUT2D eigenvalue weighted by atomic mass is 35.5. The average Bonchev–Trinajstić information content (AvgIpc) is 3.13. The van der Waals surface area contributed by atoms with E-state index >= 15 is 0 Å². The Morgan fingerprint density at radius 3 is 2.78 bits per heavy atom. The van der Waals surface area contributed by atoms with E-state index in [0.717, 1.165) is 33.4 Å². The van der Waals surface area contributed by atoms with Crippen LogP contribution < -0.4 is 10.9 Å². The van der Waals surface area contributed by atoms with E-state index in [4.69, 9.17) is 16.3 Å². The van der Waals surface area contributed by atoms with Crippen molar-refractivity contribution in [1.29, 1.82) is 0 Å². The summed E-state index contributed by atoms with van der Waals surface area (Å²) < 4.78 is 11.5. The van der Waals surface area contributed by atoms with Crippen LogP contribution >= 0.6 is 11.6 Å². The first-order valence-corrected chi connectivity index (χ1v) is 10.2. The molecule has 0 saturated heterocycles. The van der Waals surface area contributed by atoms with Gasteiger partial charge in [-0.3, -0.25) is 14.5 Å². The van der Waals surface area contributed by atoms with Gasteiger partial charge >= 0.3 is 5.97 Å². The molecule has 0 fully saturated rings. The maximum Gasteiger partial charge on any atom is 0.331 e. The van der Waals surface area contributed by atoms with Gasteiger partial charge in [-0.2, -0.15) is 0 Å². The Bertz CT molecular complexity index is 1350. The zero-order valence-electron chi connectivity index (χ0n) is 17.5. The van der Waals surface area contributed by atoms with E-state index < -0.39 is 5.97 Å². The molecule has 0 aliphatic carbocycles. The standard InChI is InChI=1S/C23H21ClN4O4/c1-28-23(30)18(11-26-28)14-4-6-19-17(9-14)20(7-8-25-19)27-21-10-16(24)5-3-15(21)12-32-13-22(29)31-2/h3-11,26H,12-13H2,1-2H3,(H,25,27). The number of hydrogen-bond donors (Lipinski definition) is 2. The van der Waals surface area contributed by atoms with Gasteiger partial charge in [0.25, 0.3) is 5.56 Å². The summed E-state index contributed by atoms with van der Waals surface area (Å²) in [7, 11) is 2.98. The van der Waals surface area contributed by atoms with E-state index in [9.17, 15) is 9.59 Å². The summed E-state index contributed by atoms with van der Waals surface area (Å²) in [6.45, 7) is 0.0496. The average molecular weight is 453 g/mol. The number of aromatic nitrogens is 3. The number of hydrogen-bond acceptors (Lipinski definition) is 6. The first kappa shape index (κ1) is 21.6. The number of benzene rings is 2. The molecule has 0 spiro atoms. The van der Waals surface area contributed by atoms with Crippen molar-refractivity contribution in [3.8, 4) is 11.1 Å². The number of rotatable bonds is 7. The van der Waals surface area contributed by atoms with Crippen molar-refractivity contribution in [2.75, 3.05) is 19.0 Å². The molecule has 4 rings (SSSR count). The van der Waals surface area contributed by atoms with Gasteiger partial charge in [0, 0.05) is 46.8 Å². The van der Waals surface area contributed by atoms with E-state index in [0.29, 0.717) is 10.6 Å². The second-order valence-electron chi connectivity index (χ2n) is 7.14. The highest BCUT2D eigenvalue weighted by Gasteiger charge is 2.12. The van der Waals surface area contributed by atoms with E-state index in [2.05, 4.69) is 20.1 Å². The maximum absolute atomic E-state index is 12.4. The van der Waals surface area contributed by atoms with Gasteiger partial charge in [-0.1, -0.05) is 23.7 Å². The molecule has 0 aliphatic rings. The molecule has 9 heteroatoms. The van der Waals surface area contributed by atoms with Crippen molar-refractivity contribution >= 4 is 39.8 Å². The number of esters is 1. The third-order valence-electron chi connectivity index (χ3n) is 5.04. The van der Waals surface area contributed by atoms with Crippen LogP contribution in [0, 0.1) is 0 Å². The number of fused-ring (bicyclic) bond motifs is 1. The summed E-state index contributed by atoms with van der Waals surface area (Å²) in [5.41, 5.74) is 4.36. The summed E-state index contributed by atoms with van der Waals surface area (Å²) in [6, 6.07) is 12.9. The quantitative estimate of drug-likeness (QED) is 0.411. The number of anilines is 2. The van der Waals surface area contributed by atoms with Crippen LogP contribution in [0.1, 0.15) is 5.56 Å². The van der Waals surface area contributed by atoms with Crippen LogP contribution in [0.3, 0.4) is 0 Å². The lowest BCUT2D eigenvalue weighted by molar-refractivity contribution is -0.146. The minimum Gasteiger partial charge on any atom is -0.467 e. The van der Waals surface area contributed by atoms with Crippen molar-refractivity contribution in [2.45, 2.75) is 6.61 Å². The molecule has 164 valence electrons. The molecule has 4 aromatic rings. The van der Waals surface area contributed by atoms with Gasteiger partial charge in [-0.05, 0) is 35.9 Å². The predicted octanol–water partition coefficient (Wildman–Crippen LogP) is 4.02. The third-order valence-corrected chi connectivity index (χ3v) is 5.27. The topological polar surface area (TPSA) is 98.2 Å². The van der Waals surface area contributed by atoms with Crippen molar-refractivity contribution < 1.29 is 14.3 Å². The van der Waals surface area contributed by atoms with E-state index in [1.807, 2.05) is 30.3 Å². The van der Waals surface area contributed by atoms with Crippen molar-refractivity contribution in [2.24, 2.45) is 7.05 Å². The molecule has 8 nitrogen and oxygen atoms in total. The van der Waals surface area contributed by atoms with Crippen LogP contribution in [0.15, 0.2) is 59.7 Å². The van der Waals surface area contributed by atoms with Crippen LogP contribution in [-0.2, 0) is 27.9 Å². The Balaban J connectivity index is 1.69. The smallest absolute Gasteiger partial charge is 0.331 e. The van der Waals surface area contributed by atoms with Crippen LogP contribution in [-0.4, -0.2) is 34.5 Å². The van der Waals surface area contributed by atoms with E-state index in [1.165, 1.54) is 11.8 Å². The fourth-order valence-electron chi connectivity index (χ4n) is 3.33. The minimum absolute atomic E-state index is 0.109. The highest BCUT2D eigenvalue weighted by Crippen LogP contribution is 2.31. The Kier molecular flexibility index (Phi) is 6.25. The van der Waals surface area contributed by atoms with Crippen LogP contribution in [0.5, 0.6) is 0 Å². The number of pyridine rings is 1. The molecule has 0 amide bonds. The number of ether oxygens (including phenoxy) is 2. The van der Waals surface area contributed by atoms with Gasteiger partial charge in [0.2, 0.25) is 0 Å². The lowest BCUT2D eigenvalue weighted by Crippen LogP contribution is -2.13. The number of nitrogens with one attached hydrogen (secondary N) is 2. The van der Waals surface area contributed by atoms with E-state index in [-0.39, 0.29) is 18.8 Å². The molecule has 0 aliphatic heterocycles. The van der Waals surface area contributed by atoms with Gasteiger partial charge in [-0.15, -0.1) is 0 Å². The number of H-pyrrole nitrogens is 1.